The zero-order valence-corrected chi connectivity index (χ0v) is 16.9. The fourth-order valence-electron chi connectivity index (χ4n) is 3.43. The van der Waals surface area contributed by atoms with Crippen molar-refractivity contribution in [1.82, 2.24) is 19.2 Å². The van der Waals surface area contributed by atoms with E-state index in [4.69, 9.17) is 5.11 Å². The van der Waals surface area contributed by atoms with E-state index in [0.29, 0.717) is 11.6 Å². The van der Waals surface area contributed by atoms with Crippen molar-refractivity contribution < 1.29 is 9.90 Å². The van der Waals surface area contributed by atoms with Gasteiger partial charge in [0, 0.05) is 26.2 Å². The number of rotatable bonds is 5. The van der Waals surface area contributed by atoms with Crippen LogP contribution in [0.3, 0.4) is 0 Å². The lowest BCUT2D eigenvalue weighted by atomic mass is 9.89. The Bertz CT molecular complexity index is 886. The molecule has 2 aromatic heterocycles. The van der Waals surface area contributed by atoms with Crippen LogP contribution in [0.15, 0.2) is 12.3 Å². The van der Waals surface area contributed by atoms with Crippen LogP contribution in [0, 0.1) is 18.3 Å². The molecule has 0 atom stereocenters. The minimum absolute atomic E-state index is 0.0565. The van der Waals surface area contributed by atoms with Crippen LogP contribution in [0.5, 0.6) is 0 Å². The van der Waals surface area contributed by atoms with E-state index in [2.05, 4.69) is 30.6 Å². The van der Waals surface area contributed by atoms with Crippen molar-refractivity contribution in [3.63, 3.8) is 0 Å². The van der Waals surface area contributed by atoms with Crippen molar-refractivity contribution in [2.45, 2.75) is 44.7 Å². The molecule has 1 aliphatic carbocycles. The minimum Gasteiger partial charge on any atom is -0.465 e. The average Bonchev–Trinajstić information content (AvgIpc) is 3.11. The SMILES string of the molecule is Cc1cc(Nc2nc(N(C)[C@H]3CC[C@H](N(C)C(=O)O)CC3)cnc2C#N)sn1. The van der Waals surface area contributed by atoms with Gasteiger partial charge < -0.3 is 20.2 Å². The van der Waals surface area contributed by atoms with E-state index in [0.717, 1.165) is 36.4 Å². The normalized spacial score (nSPS) is 18.9. The highest BCUT2D eigenvalue weighted by Crippen LogP contribution is 2.29. The fourth-order valence-corrected chi connectivity index (χ4v) is 4.09. The number of nitrogens with one attached hydrogen (secondary N) is 1. The van der Waals surface area contributed by atoms with E-state index in [9.17, 15) is 10.1 Å². The molecule has 1 aliphatic rings. The number of carboxylic acid groups (broad SMARTS) is 1. The lowest BCUT2D eigenvalue weighted by molar-refractivity contribution is 0.124. The molecule has 3 rings (SSSR count). The van der Waals surface area contributed by atoms with E-state index in [1.165, 1.54) is 16.4 Å². The smallest absolute Gasteiger partial charge is 0.407 e. The molecule has 0 aliphatic heterocycles. The van der Waals surface area contributed by atoms with Gasteiger partial charge >= 0.3 is 6.09 Å². The number of aromatic nitrogens is 3. The summed E-state index contributed by atoms with van der Waals surface area (Å²) >= 11 is 1.31. The maximum atomic E-state index is 11.1. The summed E-state index contributed by atoms with van der Waals surface area (Å²) in [4.78, 5) is 23.5. The summed E-state index contributed by atoms with van der Waals surface area (Å²) in [6.07, 6.45) is 4.09. The van der Waals surface area contributed by atoms with Crippen LogP contribution in [0.25, 0.3) is 0 Å². The summed E-state index contributed by atoms with van der Waals surface area (Å²) in [5.41, 5.74) is 1.13. The first-order chi connectivity index (χ1) is 13.4. The number of aryl methyl sites for hydroxylation is 1. The fraction of sp³-hybridized carbons (Fsp3) is 0.500. The number of nitriles is 1. The minimum atomic E-state index is -0.885. The van der Waals surface area contributed by atoms with Gasteiger partial charge in [-0.05, 0) is 50.2 Å². The van der Waals surface area contributed by atoms with Gasteiger partial charge in [0.2, 0.25) is 0 Å². The molecule has 0 unspecified atom stereocenters. The highest BCUT2D eigenvalue weighted by atomic mass is 32.1. The number of hydrogen-bond donors (Lipinski definition) is 2. The molecule has 0 saturated heterocycles. The maximum absolute atomic E-state index is 11.1. The van der Waals surface area contributed by atoms with Crippen LogP contribution in [-0.2, 0) is 0 Å². The second-order valence-corrected chi connectivity index (χ2v) is 7.77. The van der Waals surface area contributed by atoms with Gasteiger partial charge in [-0.15, -0.1) is 0 Å². The highest BCUT2D eigenvalue weighted by Gasteiger charge is 2.29. The molecule has 0 aromatic carbocycles. The Morgan fingerprint density at radius 3 is 2.57 bits per heavy atom. The first-order valence-corrected chi connectivity index (χ1v) is 9.82. The van der Waals surface area contributed by atoms with Crippen LogP contribution >= 0.6 is 11.5 Å². The zero-order valence-electron chi connectivity index (χ0n) is 16.1. The second-order valence-electron chi connectivity index (χ2n) is 6.96. The predicted octanol–water partition coefficient (Wildman–Crippen LogP) is 3.21. The van der Waals surface area contributed by atoms with Crippen molar-refractivity contribution in [3.05, 3.63) is 23.7 Å². The summed E-state index contributed by atoms with van der Waals surface area (Å²) in [5.74, 6) is 1.09. The molecule has 9 nitrogen and oxygen atoms in total. The molecule has 2 N–H and O–H groups in total. The Balaban J connectivity index is 1.72. The third-order valence-electron chi connectivity index (χ3n) is 5.16. The molecule has 2 aromatic rings. The van der Waals surface area contributed by atoms with Crippen LogP contribution in [-0.4, -0.2) is 56.6 Å². The molecule has 0 radical (unpaired) electrons. The molecule has 0 spiro atoms. The second kappa shape index (κ2) is 8.39. The van der Waals surface area contributed by atoms with Crippen LogP contribution < -0.4 is 10.2 Å². The quantitative estimate of drug-likeness (QED) is 0.784. The summed E-state index contributed by atoms with van der Waals surface area (Å²) in [6.45, 7) is 1.90. The Kier molecular flexibility index (Phi) is 5.94. The third kappa shape index (κ3) is 4.31. The van der Waals surface area contributed by atoms with Crippen molar-refractivity contribution in [2.75, 3.05) is 24.3 Å². The van der Waals surface area contributed by atoms with Gasteiger partial charge in [0.1, 0.15) is 16.9 Å². The average molecular weight is 401 g/mol. The lowest BCUT2D eigenvalue weighted by Crippen LogP contribution is -2.43. The van der Waals surface area contributed by atoms with E-state index < -0.39 is 6.09 Å². The van der Waals surface area contributed by atoms with Crippen molar-refractivity contribution in [2.24, 2.45) is 0 Å². The van der Waals surface area contributed by atoms with Crippen LogP contribution in [0.1, 0.15) is 37.1 Å². The molecular weight excluding hydrogens is 378 g/mol. The van der Waals surface area contributed by atoms with Gasteiger partial charge in [-0.25, -0.2) is 14.8 Å². The molecule has 1 fully saturated rings. The molecule has 1 saturated carbocycles. The first-order valence-electron chi connectivity index (χ1n) is 9.05. The molecule has 2 heterocycles. The third-order valence-corrected chi connectivity index (χ3v) is 5.96. The summed E-state index contributed by atoms with van der Waals surface area (Å²) < 4.78 is 4.22. The molecule has 148 valence electrons. The molecule has 10 heteroatoms. The van der Waals surface area contributed by atoms with E-state index in [1.807, 2.05) is 20.0 Å². The Hall–Kier alpha value is -2.93. The zero-order chi connectivity index (χ0) is 20.3. The monoisotopic (exact) mass is 401 g/mol. The number of amides is 1. The lowest BCUT2D eigenvalue weighted by Gasteiger charge is -2.37. The van der Waals surface area contributed by atoms with Gasteiger partial charge in [0.15, 0.2) is 11.5 Å². The van der Waals surface area contributed by atoms with E-state index in [1.54, 1.807) is 13.2 Å². The summed E-state index contributed by atoms with van der Waals surface area (Å²) in [5, 5.41) is 22.4. The van der Waals surface area contributed by atoms with E-state index >= 15 is 0 Å². The predicted molar refractivity (Wildman–Crippen MR) is 107 cm³/mol. The topological polar surface area (TPSA) is 118 Å². The Labute approximate surface area is 167 Å². The molecule has 28 heavy (non-hydrogen) atoms. The Morgan fingerprint density at radius 2 is 2.00 bits per heavy atom. The number of anilines is 3. The summed E-state index contributed by atoms with van der Waals surface area (Å²) in [7, 11) is 3.59. The molecule has 0 bridgehead atoms. The van der Waals surface area contributed by atoms with Crippen molar-refractivity contribution >= 4 is 34.3 Å². The first kappa shape index (κ1) is 19.8. The van der Waals surface area contributed by atoms with E-state index in [-0.39, 0.29) is 17.8 Å². The standard InChI is InChI=1S/C18H23N7O2S/c1-11-8-16(28-23-11)22-17-14(9-19)20-10-15(21-17)24(2)12-4-6-13(7-5-12)25(3)18(26)27/h8,10,12-13H,4-7H2,1-3H3,(H,21,22)(H,26,27)/t12-,13-. The van der Waals surface area contributed by atoms with Crippen molar-refractivity contribution in [1.29, 1.82) is 5.26 Å². The van der Waals surface area contributed by atoms with Crippen LogP contribution in [0.4, 0.5) is 21.4 Å². The van der Waals surface area contributed by atoms with Crippen molar-refractivity contribution in [3.8, 4) is 6.07 Å². The van der Waals surface area contributed by atoms with Gasteiger partial charge in [-0.1, -0.05) is 0 Å². The van der Waals surface area contributed by atoms with Gasteiger partial charge in [-0.2, -0.15) is 9.64 Å². The molecule has 1 amide bonds. The number of nitrogens with zero attached hydrogens (tertiary/aromatic N) is 6. The van der Waals surface area contributed by atoms with Crippen LogP contribution in [0.2, 0.25) is 0 Å². The van der Waals surface area contributed by atoms with Gasteiger partial charge in [-0.3, -0.25) is 0 Å². The van der Waals surface area contributed by atoms with Gasteiger partial charge in [0.05, 0.1) is 11.9 Å². The number of hydrogen-bond acceptors (Lipinski definition) is 8. The number of carbonyl (C=O) groups is 1. The largest absolute Gasteiger partial charge is 0.465 e. The van der Waals surface area contributed by atoms with Gasteiger partial charge in [0.25, 0.3) is 0 Å². The summed E-state index contributed by atoms with van der Waals surface area (Å²) in [6, 6.07) is 4.26. The maximum Gasteiger partial charge on any atom is 0.407 e. The Morgan fingerprint density at radius 1 is 1.32 bits per heavy atom. The highest BCUT2D eigenvalue weighted by molar-refractivity contribution is 7.10. The molecular formula is C18H23N7O2S.